The number of nitrogens with zero attached hydrogens (tertiary/aromatic N) is 1. The highest BCUT2D eigenvalue weighted by Gasteiger charge is 2.17. The third-order valence-electron chi connectivity index (χ3n) is 4.44. The average molecular weight is 396 g/mol. The lowest BCUT2D eigenvalue weighted by Crippen LogP contribution is -2.15. The van der Waals surface area contributed by atoms with E-state index in [4.69, 9.17) is 0 Å². The summed E-state index contributed by atoms with van der Waals surface area (Å²) in [6.07, 6.45) is 3.66. The van der Waals surface area contributed by atoms with E-state index in [1.165, 1.54) is 5.56 Å². The fourth-order valence-electron chi connectivity index (χ4n) is 3.02. The van der Waals surface area contributed by atoms with Gasteiger partial charge in [-0.15, -0.1) is 0 Å². The summed E-state index contributed by atoms with van der Waals surface area (Å²) in [6.45, 7) is 4.55. The summed E-state index contributed by atoms with van der Waals surface area (Å²) >= 11 is 0. The Hall–Kier alpha value is -2.86. The maximum Gasteiger partial charge on any atom is 0.263 e. The first kappa shape index (κ1) is 19.9. The van der Waals surface area contributed by atoms with Gasteiger partial charge in [0.05, 0.1) is 16.8 Å². The first-order valence-corrected chi connectivity index (χ1v) is 10.8. The van der Waals surface area contributed by atoms with Gasteiger partial charge in [-0.2, -0.15) is 0 Å². The summed E-state index contributed by atoms with van der Waals surface area (Å²) in [5.74, 6) is 0.301. The number of sulfonamides is 1. The minimum absolute atomic E-state index is 0.267. The van der Waals surface area contributed by atoms with Crippen molar-refractivity contribution in [2.45, 2.75) is 31.6 Å². The zero-order valence-electron chi connectivity index (χ0n) is 16.1. The van der Waals surface area contributed by atoms with Crippen LogP contribution in [0.1, 0.15) is 23.1 Å². The molecule has 146 valence electrons. The largest absolute Gasteiger partial charge is 0.384 e. The second-order valence-corrected chi connectivity index (χ2v) is 8.47. The highest BCUT2D eigenvalue weighted by atomic mass is 32.2. The molecule has 3 rings (SSSR count). The number of anilines is 2. The average Bonchev–Trinajstić information content (AvgIpc) is 2.67. The van der Waals surface area contributed by atoms with Crippen molar-refractivity contribution in [2.24, 2.45) is 0 Å². The van der Waals surface area contributed by atoms with Gasteiger partial charge in [0.1, 0.15) is 5.82 Å². The van der Waals surface area contributed by atoms with Gasteiger partial charge in [0, 0.05) is 6.54 Å². The first-order valence-electron chi connectivity index (χ1n) is 9.28. The summed E-state index contributed by atoms with van der Waals surface area (Å²) in [4.78, 5) is 4.49. The van der Waals surface area contributed by atoms with E-state index in [-0.39, 0.29) is 4.90 Å². The monoisotopic (exact) mass is 395 g/mol. The third kappa shape index (κ3) is 5.33. The van der Waals surface area contributed by atoms with Crippen LogP contribution in [-0.4, -0.2) is 19.9 Å². The van der Waals surface area contributed by atoms with Crippen molar-refractivity contribution in [3.8, 4) is 0 Å². The molecular weight excluding hydrogens is 370 g/mol. The smallest absolute Gasteiger partial charge is 0.263 e. The van der Waals surface area contributed by atoms with Crippen LogP contribution in [0.25, 0.3) is 0 Å². The van der Waals surface area contributed by atoms with Gasteiger partial charge in [-0.1, -0.05) is 48.0 Å². The molecule has 1 heterocycles. The van der Waals surface area contributed by atoms with Crippen molar-refractivity contribution in [2.75, 3.05) is 16.6 Å². The maximum absolute atomic E-state index is 12.6. The lowest BCUT2D eigenvalue weighted by atomic mass is 10.1. The molecule has 2 aromatic carbocycles. The summed E-state index contributed by atoms with van der Waals surface area (Å²) in [5, 5.41) is 3.31. The molecule has 28 heavy (non-hydrogen) atoms. The summed E-state index contributed by atoms with van der Waals surface area (Å²) in [7, 11) is -3.66. The van der Waals surface area contributed by atoms with E-state index in [2.05, 4.69) is 27.2 Å². The molecule has 0 aliphatic heterocycles. The molecule has 0 bridgehead atoms. The second-order valence-electron chi connectivity index (χ2n) is 6.82. The van der Waals surface area contributed by atoms with E-state index in [0.29, 0.717) is 11.4 Å². The van der Waals surface area contributed by atoms with E-state index in [1.807, 2.05) is 37.3 Å². The first-order chi connectivity index (χ1) is 13.4. The van der Waals surface area contributed by atoms with Crippen LogP contribution in [0.5, 0.6) is 0 Å². The zero-order valence-corrected chi connectivity index (χ0v) is 17.0. The number of rotatable bonds is 8. The molecule has 0 aliphatic rings. The molecule has 2 N–H and O–H groups in total. The molecule has 0 radical (unpaired) electrons. The highest BCUT2D eigenvalue weighted by molar-refractivity contribution is 7.92. The Labute approximate surface area is 166 Å². The SMILES string of the molecule is Cc1ccc(S(=O)(=O)Nc2ccc(NCCCc3ccccc3)cn2)c(C)c1. The zero-order chi connectivity index (χ0) is 20.0. The van der Waals surface area contributed by atoms with Gasteiger partial charge in [0.25, 0.3) is 10.0 Å². The molecule has 1 aromatic heterocycles. The Bertz CT molecular complexity index is 1020. The van der Waals surface area contributed by atoms with E-state index >= 15 is 0 Å². The highest BCUT2D eigenvalue weighted by Crippen LogP contribution is 2.20. The van der Waals surface area contributed by atoms with Crippen LogP contribution in [0.4, 0.5) is 11.5 Å². The van der Waals surface area contributed by atoms with Crippen molar-refractivity contribution < 1.29 is 8.42 Å². The molecule has 0 saturated heterocycles. The lowest BCUT2D eigenvalue weighted by molar-refractivity contribution is 0.600. The third-order valence-corrected chi connectivity index (χ3v) is 5.95. The number of hydrogen-bond donors (Lipinski definition) is 2. The van der Waals surface area contributed by atoms with Crippen LogP contribution in [0.15, 0.2) is 71.8 Å². The quantitative estimate of drug-likeness (QED) is 0.549. The molecule has 6 heteroatoms. The number of pyridine rings is 1. The molecule has 0 spiro atoms. The van der Waals surface area contributed by atoms with Gasteiger partial charge in [-0.05, 0) is 56.0 Å². The van der Waals surface area contributed by atoms with Crippen molar-refractivity contribution in [3.05, 3.63) is 83.6 Å². The maximum atomic E-state index is 12.6. The standard InChI is InChI=1S/C22H25N3O2S/c1-17-10-12-21(18(2)15-17)28(26,27)25-22-13-11-20(16-24-22)23-14-6-9-19-7-4-3-5-8-19/h3-5,7-8,10-13,15-16,23H,6,9,14H2,1-2H3,(H,24,25). The predicted octanol–water partition coefficient (Wildman–Crippen LogP) is 4.54. The number of nitrogens with one attached hydrogen (secondary N) is 2. The van der Waals surface area contributed by atoms with Crippen LogP contribution in [-0.2, 0) is 16.4 Å². The molecular formula is C22H25N3O2S. The van der Waals surface area contributed by atoms with Crippen molar-refractivity contribution >= 4 is 21.5 Å². The van der Waals surface area contributed by atoms with Crippen molar-refractivity contribution in [1.82, 2.24) is 4.98 Å². The minimum Gasteiger partial charge on any atom is -0.384 e. The van der Waals surface area contributed by atoms with Crippen LogP contribution < -0.4 is 10.0 Å². The molecule has 0 saturated carbocycles. The van der Waals surface area contributed by atoms with Gasteiger partial charge in [-0.3, -0.25) is 4.72 Å². The number of benzene rings is 2. The van der Waals surface area contributed by atoms with Crippen LogP contribution in [0.2, 0.25) is 0 Å². The molecule has 0 unspecified atom stereocenters. The lowest BCUT2D eigenvalue weighted by Gasteiger charge is -2.11. The predicted molar refractivity (Wildman–Crippen MR) is 114 cm³/mol. The fourth-order valence-corrected chi connectivity index (χ4v) is 4.26. The Morgan fingerprint density at radius 3 is 2.43 bits per heavy atom. The van der Waals surface area contributed by atoms with Crippen LogP contribution in [0.3, 0.4) is 0 Å². The van der Waals surface area contributed by atoms with E-state index in [0.717, 1.165) is 30.6 Å². The molecule has 0 amide bonds. The molecule has 3 aromatic rings. The Morgan fingerprint density at radius 1 is 0.964 bits per heavy atom. The number of aryl methyl sites for hydroxylation is 3. The number of aromatic nitrogens is 1. The molecule has 0 fully saturated rings. The van der Waals surface area contributed by atoms with E-state index in [9.17, 15) is 8.42 Å². The van der Waals surface area contributed by atoms with Gasteiger partial charge in [0.2, 0.25) is 0 Å². The van der Waals surface area contributed by atoms with Gasteiger partial charge in [-0.25, -0.2) is 13.4 Å². The van der Waals surface area contributed by atoms with Crippen LogP contribution >= 0.6 is 0 Å². The fraction of sp³-hybridized carbons (Fsp3) is 0.227. The van der Waals surface area contributed by atoms with Crippen molar-refractivity contribution in [1.29, 1.82) is 0 Å². The Balaban J connectivity index is 1.55. The summed E-state index contributed by atoms with van der Waals surface area (Å²) in [5.41, 5.74) is 3.92. The normalized spacial score (nSPS) is 11.2. The van der Waals surface area contributed by atoms with E-state index in [1.54, 1.807) is 31.3 Å². The van der Waals surface area contributed by atoms with Gasteiger partial charge >= 0.3 is 0 Å². The number of hydrogen-bond acceptors (Lipinski definition) is 4. The molecule has 0 aliphatic carbocycles. The minimum atomic E-state index is -3.66. The summed E-state index contributed by atoms with van der Waals surface area (Å²) in [6, 6.07) is 19.1. The van der Waals surface area contributed by atoms with Crippen molar-refractivity contribution in [3.63, 3.8) is 0 Å². The summed E-state index contributed by atoms with van der Waals surface area (Å²) < 4.78 is 27.7. The van der Waals surface area contributed by atoms with Gasteiger partial charge < -0.3 is 5.32 Å². The van der Waals surface area contributed by atoms with Crippen LogP contribution in [0, 0.1) is 13.8 Å². The topological polar surface area (TPSA) is 71.1 Å². The second kappa shape index (κ2) is 8.89. The van der Waals surface area contributed by atoms with E-state index < -0.39 is 10.0 Å². The van der Waals surface area contributed by atoms with Gasteiger partial charge in [0.15, 0.2) is 0 Å². The molecule has 0 atom stereocenters. The molecule has 5 nitrogen and oxygen atoms in total. The Morgan fingerprint density at radius 2 is 1.75 bits per heavy atom. The Kier molecular flexibility index (Phi) is 6.31.